The Kier molecular flexibility index (Phi) is 6.88. The van der Waals surface area contributed by atoms with Gasteiger partial charge >= 0.3 is 6.09 Å². The van der Waals surface area contributed by atoms with Gasteiger partial charge in [0.05, 0.1) is 5.69 Å². The molecule has 33 heavy (non-hydrogen) atoms. The number of fused-ring (bicyclic) bond motifs is 1. The minimum atomic E-state index is -1.20. The average Bonchev–Trinajstić information content (AvgIpc) is 3.51. The Morgan fingerprint density at radius 2 is 1.88 bits per heavy atom. The molecule has 1 aliphatic heterocycles. The van der Waals surface area contributed by atoms with E-state index < -0.39 is 6.09 Å². The van der Waals surface area contributed by atoms with Crippen LogP contribution >= 0.6 is 0 Å². The number of likely N-dealkylation sites (N-methyl/N-ethyl adjacent to an activating group) is 1. The maximum Gasteiger partial charge on any atom is 0.411 e. The van der Waals surface area contributed by atoms with Crippen LogP contribution in [0.4, 0.5) is 10.7 Å². The SMILES string of the molecule is C1CC1.CC(=O)N(C)C1CCN(Cc2ccc(-c3cccc4nc(NC(=O)O)nn34)cc2)C1. The quantitative estimate of drug-likeness (QED) is 0.614. The van der Waals surface area contributed by atoms with Crippen LogP contribution in [0.25, 0.3) is 16.9 Å². The Labute approximate surface area is 193 Å². The number of carbonyl (C=O) groups excluding carboxylic acids is 1. The third-order valence-corrected chi connectivity index (χ3v) is 5.88. The second-order valence-corrected chi connectivity index (χ2v) is 8.61. The van der Waals surface area contributed by atoms with E-state index in [1.165, 1.54) is 24.8 Å². The summed E-state index contributed by atoms with van der Waals surface area (Å²) in [5, 5.41) is 15.3. The number of amides is 2. The van der Waals surface area contributed by atoms with Crippen molar-refractivity contribution in [3.8, 4) is 11.3 Å². The summed E-state index contributed by atoms with van der Waals surface area (Å²) in [6.45, 7) is 4.30. The molecule has 2 amide bonds. The number of benzene rings is 1. The normalized spacial score (nSPS) is 17.3. The first kappa shape index (κ1) is 22.7. The van der Waals surface area contributed by atoms with Gasteiger partial charge in [0.1, 0.15) is 0 Å². The largest absolute Gasteiger partial charge is 0.465 e. The summed E-state index contributed by atoms with van der Waals surface area (Å²) in [5.41, 5.74) is 3.56. The molecule has 9 heteroatoms. The van der Waals surface area contributed by atoms with Crippen molar-refractivity contribution in [1.29, 1.82) is 0 Å². The van der Waals surface area contributed by atoms with Gasteiger partial charge in [-0.05, 0) is 24.1 Å². The van der Waals surface area contributed by atoms with Crippen LogP contribution in [0.5, 0.6) is 0 Å². The van der Waals surface area contributed by atoms with Gasteiger partial charge in [-0.15, -0.1) is 5.10 Å². The lowest BCUT2D eigenvalue weighted by Gasteiger charge is -2.23. The topological polar surface area (TPSA) is 103 Å². The Bertz CT molecular complexity index is 1120. The molecule has 2 N–H and O–H groups in total. The van der Waals surface area contributed by atoms with Gasteiger partial charge in [-0.1, -0.05) is 49.6 Å². The van der Waals surface area contributed by atoms with Gasteiger partial charge in [0.2, 0.25) is 5.91 Å². The van der Waals surface area contributed by atoms with E-state index in [2.05, 4.69) is 32.4 Å². The van der Waals surface area contributed by atoms with Crippen molar-refractivity contribution in [1.82, 2.24) is 24.4 Å². The number of nitrogens with zero attached hydrogens (tertiary/aromatic N) is 5. The molecule has 2 aromatic heterocycles. The van der Waals surface area contributed by atoms with Gasteiger partial charge < -0.3 is 10.0 Å². The van der Waals surface area contributed by atoms with E-state index in [-0.39, 0.29) is 17.9 Å². The summed E-state index contributed by atoms with van der Waals surface area (Å²) in [6.07, 6.45) is 4.30. The van der Waals surface area contributed by atoms with E-state index >= 15 is 0 Å². The van der Waals surface area contributed by atoms with Gasteiger partial charge in [-0.2, -0.15) is 4.98 Å². The number of anilines is 1. The molecule has 0 bridgehead atoms. The standard InChI is InChI=1S/C21H24N6O3.C3H6/c1-14(28)25(2)17-10-11-26(13-17)12-15-6-8-16(9-7-15)18-4-3-5-19-22-20(23-21(29)30)24-27(18)19;1-2-3-1/h3-9,17H,10-13H2,1-2H3,(H,23,24)(H,29,30);1-3H2. The highest BCUT2D eigenvalue weighted by Crippen LogP contribution is 2.23. The van der Waals surface area contributed by atoms with Crippen molar-refractivity contribution >= 4 is 23.6 Å². The molecule has 5 rings (SSSR count). The number of hydrogen-bond acceptors (Lipinski definition) is 5. The van der Waals surface area contributed by atoms with Gasteiger partial charge in [-0.25, -0.2) is 9.31 Å². The number of pyridine rings is 1. The van der Waals surface area contributed by atoms with Gasteiger partial charge in [-0.3, -0.25) is 15.0 Å². The first-order valence-corrected chi connectivity index (χ1v) is 11.3. The minimum Gasteiger partial charge on any atom is -0.465 e. The van der Waals surface area contributed by atoms with Crippen LogP contribution in [0.3, 0.4) is 0 Å². The van der Waals surface area contributed by atoms with Crippen molar-refractivity contribution < 1.29 is 14.7 Å². The fourth-order valence-corrected chi connectivity index (χ4v) is 3.84. The predicted molar refractivity (Wildman–Crippen MR) is 126 cm³/mol. The minimum absolute atomic E-state index is 0.0469. The molecule has 0 radical (unpaired) electrons. The summed E-state index contributed by atoms with van der Waals surface area (Å²) in [6, 6.07) is 14.1. The molecule has 1 aliphatic carbocycles. The van der Waals surface area contributed by atoms with Gasteiger partial charge in [0.25, 0.3) is 5.95 Å². The highest BCUT2D eigenvalue weighted by molar-refractivity contribution is 5.80. The van der Waals surface area contributed by atoms with Crippen molar-refractivity contribution in [2.75, 3.05) is 25.5 Å². The summed E-state index contributed by atoms with van der Waals surface area (Å²) >= 11 is 0. The molecule has 9 nitrogen and oxygen atoms in total. The lowest BCUT2D eigenvalue weighted by Crippen LogP contribution is -2.37. The number of nitrogens with one attached hydrogen (secondary N) is 1. The molecule has 3 aromatic rings. The monoisotopic (exact) mass is 450 g/mol. The maximum absolute atomic E-state index is 11.6. The number of carbonyl (C=O) groups is 2. The molecule has 0 spiro atoms. The highest BCUT2D eigenvalue weighted by atomic mass is 16.4. The molecule has 1 unspecified atom stereocenters. The zero-order chi connectivity index (χ0) is 23.4. The zero-order valence-corrected chi connectivity index (χ0v) is 19.1. The van der Waals surface area contributed by atoms with E-state index in [9.17, 15) is 9.59 Å². The molecule has 2 fully saturated rings. The van der Waals surface area contributed by atoms with Gasteiger partial charge in [0.15, 0.2) is 5.65 Å². The number of likely N-dealkylation sites (tertiary alicyclic amines) is 1. The van der Waals surface area contributed by atoms with E-state index in [0.717, 1.165) is 37.3 Å². The molecule has 1 saturated carbocycles. The van der Waals surface area contributed by atoms with E-state index in [4.69, 9.17) is 5.11 Å². The number of hydrogen-bond donors (Lipinski definition) is 2. The summed E-state index contributed by atoms with van der Waals surface area (Å²) in [4.78, 5) is 30.8. The molecule has 1 saturated heterocycles. The Balaban J connectivity index is 0.000000799. The molecule has 174 valence electrons. The van der Waals surface area contributed by atoms with Crippen LogP contribution in [0.2, 0.25) is 0 Å². The lowest BCUT2D eigenvalue weighted by atomic mass is 10.1. The summed E-state index contributed by atoms with van der Waals surface area (Å²) < 4.78 is 1.63. The van der Waals surface area contributed by atoms with Crippen LogP contribution in [-0.4, -0.2) is 67.7 Å². The number of carboxylic acid groups (broad SMARTS) is 1. The molecular formula is C24H30N6O3. The van der Waals surface area contributed by atoms with Gasteiger partial charge in [0, 0.05) is 45.2 Å². The van der Waals surface area contributed by atoms with E-state index in [1.54, 1.807) is 17.5 Å². The molecule has 1 aromatic carbocycles. The van der Waals surface area contributed by atoms with Crippen LogP contribution in [0.15, 0.2) is 42.5 Å². The lowest BCUT2D eigenvalue weighted by molar-refractivity contribution is -0.129. The van der Waals surface area contributed by atoms with Crippen LogP contribution < -0.4 is 5.32 Å². The molecule has 1 atom stereocenters. The molecular weight excluding hydrogens is 420 g/mol. The van der Waals surface area contributed by atoms with E-state index in [1.807, 2.05) is 36.2 Å². The Morgan fingerprint density at radius 1 is 1.15 bits per heavy atom. The highest BCUT2D eigenvalue weighted by Gasteiger charge is 2.26. The first-order valence-electron chi connectivity index (χ1n) is 11.3. The van der Waals surface area contributed by atoms with Crippen LogP contribution in [-0.2, 0) is 11.3 Å². The fourth-order valence-electron chi connectivity index (χ4n) is 3.84. The molecule has 3 heterocycles. The predicted octanol–water partition coefficient (Wildman–Crippen LogP) is 3.71. The smallest absolute Gasteiger partial charge is 0.411 e. The third-order valence-electron chi connectivity index (χ3n) is 5.88. The van der Waals surface area contributed by atoms with Crippen LogP contribution in [0.1, 0.15) is 38.2 Å². The Hall–Kier alpha value is -3.46. The first-order chi connectivity index (χ1) is 15.9. The number of rotatable bonds is 5. The summed E-state index contributed by atoms with van der Waals surface area (Å²) in [5.74, 6) is 0.154. The van der Waals surface area contributed by atoms with E-state index in [0.29, 0.717) is 5.65 Å². The fraction of sp³-hybridized carbons (Fsp3) is 0.417. The second-order valence-electron chi connectivity index (χ2n) is 8.61. The number of aromatic nitrogens is 3. The van der Waals surface area contributed by atoms with Crippen molar-refractivity contribution in [2.24, 2.45) is 0 Å². The molecule has 2 aliphatic rings. The second kappa shape index (κ2) is 9.99. The summed E-state index contributed by atoms with van der Waals surface area (Å²) in [7, 11) is 1.87. The van der Waals surface area contributed by atoms with Crippen molar-refractivity contribution in [2.45, 2.75) is 45.2 Å². The zero-order valence-electron chi connectivity index (χ0n) is 19.1. The van der Waals surface area contributed by atoms with Crippen LogP contribution in [0, 0.1) is 0 Å². The maximum atomic E-state index is 11.6. The Morgan fingerprint density at radius 3 is 2.52 bits per heavy atom. The third kappa shape index (κ3) is 5.87. The van der Waals surface area contributed by atoms with Crippen molar-refractivity contribution in [3.05, 3.63) is 48.0 Å². The average molecular weight is 451 g/mol. The van der Waals surface area contributed by atoms with Crippen molar-refractivity contribution in [3.63, 3.8) is 0 Å².